The molecule has 1 aliphatic rings. The average Bonchev–Trinajstić information content (AvgIpc) is 2.77. The number of hydrogen-bond donors (Lipinski definition) is 1. The van der Waals surface area contributed by atoms with Crippen LogP contribution in [0.5, 0.6) is 11.5 Å². The van der Waals surface area contributed by atoms with E-state index in [-0.39, 0.29) is 28.8 Å². The molecule has 172 valence electrons. The lowest BCUT2D eigenvalue weighted by Crippen LogP contribution is -2.39. The van der Waals surface area contributed by atoms with Gasteiger partial charge in [0.25, 0.3) is 10.0 Å². The summed E-state index contributed by atoms with van der Waals surface area (Å²) in [4.78, 5) is 26.0. The third-order valence-electron chi connectivity index (χ3n) is 4.50. The summed E-state index contributed by atoms with van der Waals surface area (Å²) in [6.07, 6.45) is 0. The number of carbonyl (C=O) groups excluding carboxylic acids is 2. The van der Waals surface area contributed by atoms with Crippen LogP contribution in [0.1, 0.15) is 13.8 Å². The van der Waals surface area contributed by atoms with Gasteiger partial charge in [-0.3, -0.25) is 19.2 Å². The van der Waals surface area contributed by atoms with Crippen molar-refractivity contribution in [3.8, 4) is 11.5 Å². The van der Waals surface area contributed by atoms with Crippen LogP contribution in [0.4, 0.5) is 11.4 Å². The van der Waals surface area contributed by atoms with Gasteiger partial charge in [0.2, 0.25) is 5.91 Å². The number of sulfonamides is 1. The molecule has 1 heterocycles. The third kappa shape index (κ3) is 5.28. The molecule has 1 N–H and O–H groups in total. The van der Waals surface area contributed by atoms with Crippen molar-refractivity contribution in [2.75, 3.05) is 42.2 Å². The molecule has 9 nitrogen and oxygen atoms in total. The Bertz CT molecular complexity index is 1120. The summed E-state index contributed by atoms with van der Waals surface area (Å²) >= 11 is 1.28. The van der Waals surface area contributed by atoms with E-state index in [2.05, 4.69) is 9.46 Å². The summed E-state index contributed by atoms with van der Waals surface area (Å²) in [5, 5.41) is 0. The van der Waals surface area contributed by atoms with Crippen LogP contribution in [0.2, 0.25) is 0 Å². The molecule has 0 aromatic heterocycles. The predicted molar refractivity (Wildman–Crippen MR) is 121 cm³/mol. The number of anilines is 2. The van der Waals surface area contributed by atoms with Crippen molar-refractivity contribution in [2.45, 2.75) is 23.6 Å². The van der Waals surface area contributed by atoms with Gasteiger partial charge in [0, 0.05) is 11.0 Å². The summed E-state index contributed by atoms with van der Waals surface area (Å²) in [6, 6.07) is 9.31. The van der Waals surface area contributed by atoms with Crippen LogP contribution in [-0.4, -0.2) is 52.9 Å². The molecular weight excluding hydrogens is 456 g/mol. The molecule has 0 atom stereocenters. The largest absolute Gasteiger partial charge is 0.494 e. The van der Waals surface area contributed by atoms with Gasteiger partial charge < -0.3 is 14.2 Å². The lowest BCUT2D eigenvalue weighted by molar-refractivity contribution is -0.139. The molecule has 2 aromatic carbocycles. The molecular formula is C21H24N2O7S2. The minimum absolute atomic E-state index is 0.0642. The fourth-order valence-corrected chi connectivity index (χ4v) is 5.04. The second-order valence-electron chi connectivity index (χ2n) is 6.60. The zero-order valence-corrected chi connectivity index (χ0v) is 19.5. The molecule has 0 saturated carbocycles. The number of amides is 1. The SMILES string of the molecule is CCOc1ccc(OCC)c(NS(=O)(=O)c2ccc3c(c2)N(CC(=O)OC)C(=O)CS3)c1. The van der Waals surface area contributed by atoms with Crippen molar-refractivity contribution in [1.82, 2.24) is 0 Å². The number of thioether (sulfide) groups is 1. The van der Waals surface area contributed by atoms with E-state index < -0.39 is 16.0 Å². The van der Waals surface area contributed by atoms with E-state index in [0.29, 0.717) is 35.3 Å². The second kappa shape index (κ2) is 10.1. The third-order valence-corrected chi connectivity index (χ3v) is 6.92. The fourth-order valence-electron chi connectivity index (χ4n) is 3.05. The van der Waals surface area contributed by atoms with Gasteiger partial charge in [0.15, 0.2) is 0 Å². The van der Waals surface area contributed by atoms with Gasteiger partial charge in [-0.25, -0.2) is 8.42 Å². The maximum atomic E-state index is 13.2. The van der Waals surface area contributed by atoms with E-state index in [0.717, 1.165) is 0 Å². The van der Waals surface area contributed by atoms with Gasteiger partial charge in [0.05, 0.1) is 42.3 Å². The van der Waals surface area contributed by atoms with Crippen molar-refractivity contribution in [1.29, 1.82) is 0 Å². The van der Waals surface area contributed by atoms with Crippen LogP contribution >= 0.6 is 11.8 Å². The van der Waals surface area contributed by atoms with Crippen LogP contribution in [0.15, 0.2) is 46.2 Å². The predicted octanol–water partition coefficient (Wildman–Crippen LogP) is 2.90. The lowest BCUT2D eigenvalue weighted by Gasteiger charge is -2.28. The number of esters is 1. The number of fused-ring (bicyclic) bond motifs is 1. The molecule has 3 rings (SSSR count). The van der Waals surface area contributed by atoms with Crippen molar-refractivity contribution in [3.05, 3.63) is 36.4 Å². The summed E-state index contributed by atoms with van der Waals surface area (Å²) in [5.41, 5.74) is 0.569. The van der Waals surface area contributed by atoms with Crippen LogP contribution in [0, 0.1) is 0 Å². The molecule has 0 bridgehead atoms. The summed E-state index contributed by atoms with van der Waals surface area (Å²) in [5.74, 6) is 0.0898. The number of nitrogens with one attached hydrogen (secondary N) is 1. The Kier molecular flexibility index (Phi) is 7.52. The Balaban J connectivity index is 1.97. The molecule has 0 radical (unpaired) electrons. The molecule has 32 heavy (non-hydrogen) atoms. The highest BCUT2D eigenvalue weighted by Gasteiger charge is 2.29. The molecule has 0 spiro atoms. The molecule has 1 aliphatic heterocycles. The van der Waals surface area contributed by atoms with Crippen molar-refractivity contribution >= 4 is 45.0 Å². The van der Waals surface area contributed by atoms with Gasteiger partial charge >= 0.3 is 5.97 Å². The first-order valence-electron chi connectivity index (χ1n) is 9.85. The summed E-state index contributed by atoms with van der Waals surface area (Å²) < 4.78 is 44.5. The Hall–Kier alpha value is -2.92. The number of benzene rings is 2. The van der Waals surface area contributed by atoms with Crippen LogP contribution in [0.25, 0.3) is 0 Å². The molecule has 11 heteroatoms. The number of nitrogens with zero attached hydrogens (tertiary/aromatic N) is 1. The number of hydrogen-bond acceptors (Lipinski definition) is 8. The van der Waals surface area contributed by atoms with E-state index >= 15 is 0 Å². The molecule has 0 saturated heterocycles. The van der Waals surface area contributed by atoms with E-state index in [9.17, 15) is 18.0 Å². The molecule has 1 amide bonds. The van der Waals surface area contributed by atoms with E-state index in [1.807, 2.05) is 6.92 Å². The molecule has 0 unspecified atom stereocenters. The van der Waals surface area contributed by atoms with Crippen LogP contribution < -0.4 is 19.1 Å². The highest BCUT2D eigenvalue weighted by atomic mass is 32.2. The Morgan fingerprint density at radius 3 is 2.56 bits per heavy atom. The van der Waals surface area contributed by atoms with Crippen LogP contribution in [-0.2, 0) is 24.3 Å². The van der Waals surface area contributed by atoms with Gasteiger partial charge in [-0.05, 0) is 44.2 Å². The highest BCUT2D eigenvalue weighted by Crippen LogP contribution is 2.38. The number of carbonyl (C=O) groups is 2. The van der Waals surface area contributed by atoms with E-state index in [1.165, 1.54) is 35.9 Å². The lowest BCUT2D eigenvalue weighted by atomic mass is 10.2. The van der Waals surface area contributed by atoms with Gasteiger partial charge in [0.1, 0.15) is 18.0 Å². The monoisotopic (exact) mass is 480 g/mol. The van der Waals surface area contributed by atoms with E-state index in [4.69, 9.17) is 9.47 Å². The first-order chi connectivity index (χ1) is 15.3. The number of methoxy groups -OCH3 is 1. The normalized spacial score (nSPS) is 13.3. The molecule has 0 fully saturated rings. The smallest absolute Gasteiger partial charge is 0.325 e. The second-order valence-corrected chi connectivity index (χ2v) is 9.30. The quantitative estimate of drug-likeness (QED) is 0.546. The van der Waals surface area contributed by atoms with Crippen molar-refractivity contribution < 1.29 is 32.2 Å². The summed E-state index contributed by atoms with van der Waals surface area (Å²) in [6.45, 7) is 4.09. The Labute approximate surface area is 191 Å². The zero-order valence-electron chi connectivity index (χ0n) is 17.9. The summed E-state index contributed by atoms with van der Waals surface area (Å²) in [7, 11) is -2.82. The van der Waals surface area contributed by atoms with E-state index in [1.54, 1.807) is 31.2 Å². The maximum Gasteiger partial charge on any atom is 0.325 e. The van der Waals surface area contributed by atoms with Crippen molar-refractivity contribution in [3.63, 3.8) is 0 Å². The van der Waals surface area contributed by atoms with Crippen molar-refractivity contribution in [2.24, 2.45) is 0 Å². The molecule has 0 aliphatic carbocycles. The minimum Gasteiger partial charge on any atom is -0.494 e. The van der Waals surface area contributed by atoms with Crippen LogP contribution in [0.3, 0.4) is 0 Å². The topological polar surface area (TPSA) is 111 Å². The number of ether oxygens (including phenoxy) is 3. The fraction of sp³-hybridized carbons (Fsp3) is 0.333. The van der Waals surface area contributed by atoms with Gasteiger partial charge in [-0.1, -0.05) is 0 Å². The average molecular weight is 481 g/mol. The maximum absolute atomic E-state index is 13.2. The Morgan fingerprint density at radius 1 is 1.12 bits per heavy atom. The standard InChI is InChI=1S/C21H24N2O7S2/c1-4-29-14-6-8-18(30-5-2)16(10-14)22-32(26,27)15-7-9-19-17(11-15)23(12-21(25)28-3)20(24)13-31-19/h6-11,22H,4-5,12-13H2,1-3H3. The zero-order chi connectivity index (χ0) is 23.3. The first kappa shape index (κ1) is 23.7. The Morgan fingerprint density at radius 2 is 1.88 bits per heavy atom. The number of rotatable bonds is 9. The minimum atomic E-state index is -4.04. The highest BCUT2D eigenvalue weighted by molar-refractivity contribution is 8.00. The van der Waals surface area contributed by atoms with Gasteiger partial charge in [-0.15, -0.1) is 11.8 Å². The first-order valence-corrected chi connectivity index (χ1v) is 12.3. The molecule has 2 aromatic rings. The van der Waals surface area contributed by atoms with Gasteiger partial charge in [-0.2, -0.15) is 0 Å².